The van der Waals surface area contributed by atoms with E-state index in [1.54, 1.807) is 6.20 Å². The summed E-state index contributed by atoms with van der Waals surface area (Å²) in [6, 6.07) is 20.7. The Morgan fingerprint density at radius 2 is 1.56 bits per heavy atom. The van der Waals surface area contributed by atoms with E-state index in [1.807, 2.05) is 66.7 Å². The van der Waals surface area contributed by atoms with Crippen molar-refractivity contribution in [2.75, 3.05) is 0 Å². The molecule has 4 rings (SSSR count). The number of pyridine rings is 1. The van der Waals surface area contributed by atoms with Gasteiger partial charge in [0.05, 0.1) is 5.69 Å². The second-order valence-corrected chi connectivity index (χ2v) is 10.5. The van der Waals surface area contributed by atoms with Gasteiger partial charge in [-0.1, -0.05) is 18.2 Å². The molecule has 1 N–H and O–H groups in total. The fraction of sp³-hybridized carbons (Fsp3) is 0.379. The van der Waals surface area contributed by atoms with Crippen LogP contribution >= 0.6 is 0 Å². The van der Waals surface area contributed by atoms with E-state index in [0.717, 1.165) is 24.1 Å². The first-order chi connectivity index (χ1) is 16.2. The summed E-state index contributed by atoms with van der Waals surface area (Å²) in [7, 11) is 0. The highest BCUT2D eigenvalue weighted by Gasteiger charge is 2.38. The number of ether oxygens (including phenoxy) is 2. The number of nitrogens with zero attached hydrogens (tertiary/aromatic N) is 1. The van der Waals surface area contributed by atoms with E-state index < -0.39 is 0 Å². The van der Waals surface area contributed by atoms with Crippen molar-refractivity contribution in [3.63, 3.8) is 0 Å². The Labute approximate surface area is 202 Å². The number of para-hydroxylation sites is 2. The van der Waals surface area contributed by atoms with Crippen LogP contribution in [0.3, 0.4) is 0 Å². The number of nitrogens with one attached hydrogen (secondary N) is 1. The monoisotopic (exact) mass is 458 g/mol. The van der Waals surface area contributed by atoms with Gasteiger partial charge in [0.1, 0.15) is 12.4 Å². The van der Waals surface area contributed by atoms with Crippen LogP contribution < -0.4 is 14.8 Å². The van der Waals surface area contributed by atoms with Gasteiger partial charge < -0.3 is 14.8 Å². The molecule has 1 aromatic heterocycles. The first-order valence-corrected chi connectivity index (χ1v) is 11.9. The van der Waals surface area contributed by atoms with Gasteiger partial charge in [-0.2, -0.15) is 0 Å². The quantitative estimate of drug-likeness (QED) is 0.386. The van der Waals surface area contributed by atoms with Gasteiger partial charge >= 0.3 is 0 Å². The van der Waals surface area contributed by atoms with E-state index in [0.29, 0.717) is 36.2 Å². The highest BCUT2D eigenvalue weighted by Crippen LogP contribution is 2.36. The SMILES string of the molecule is CC1(C)CC(CC(=O)c2ccc(Oc3ccccc3OCc3ccccn3)cc2)CC(C)(C)N1. The van der Waals surface area contributed by atoms with Crippen LogP contribution in [0.4, 0.5) is 0 Å². The lowest BCUT2D eigenvalue weighted by atomic mass is 9.74. The molecule has 1 aliphatic rings. The average molecular weight is 459 g/mol. The van der Waals surface area contributed by atoms with Crippen molar-refractivity contribution in [3.05, 3.63) is 84.2 Å². The van der Waals surface area contributed by atoms with Crippen LogP contribution in [0.1, 0.15) is 63.0 Å². The van der Waals surface area contributed by atoms with Gasteiger partial charge in [-0.05, 0) is 95.0 Å². The number of hydrogen-bond acceptors (Lipinski definition) is 5. The lowest BCUT2D eigenvalue weighted by Gasteiger charge is -2.46. The molecule has 34 heavy (non-hydrogen) atoms. The van der Waals surface area contributed by atoms with Crippen LogP contribution in [0.15, 0.2) is 72.9 Å². The molecule has 0 radical (unpaired) electrons. The number of ketones is 1. The summed E-state index contributed by atoms with van der Waals surface area (Å²) in [5.41, 5.74) is 1.65. The topological polar surface area (TPSA) is 60.5 Å². The van der Waals surface area contributed by atoms with Crippen molar-refractivity contribution < 1.29 is 14.3 Å². The fourth-order valence-corrected chi connectivity index (χ4v) is 5.18. The Morgan fingerprint density at radius 1 is 0.912 bits per heavy atom. The minimum absolute atomic E-state index is 0.0381. The van der Waals surface area contributed by atoms with Gasteiger partial charge in [0.15, 0.2) is 17.3 Å². The molecule has 2 aromatic carbocycles. The second-order valence-electron chi connectivity index (χ2n) is 10.5. The number of hydrogen-bond donors (Lipinski definition) is 1. The number of piperidine rings is 1. The summed E-state index contributed by atoms with van der Waals surface area (Å²) in [4.78, 5) is 17.3. The molecule has 0 bridgehead atoms. The van der Waals surface area contributed by atoms with Crippen LogP contribution in [0.5, 0.6) is 17.2 Å². The van der Waals surface area contributed by atoms with Crippen LogP contribution in [0.25, 0.3) is 0 Å². The van der Waals surface area contributed by atoms with Crippen molar-refractivity contribution >= 4 is 5.78 Å². The van der Waals surface area contributed by atoms with Gasteiger partial charge in [-0.3, -0.25) is 9.78 Å². The lowest BCUT2D eigenvalue weighted by Crippen LogP contribution is -2.57. The van der Waals surface area contributed by atoms with Gasteiger partial charge in [-0.15, -0.1) is 0 Å². The predicted octanol–water partition coefficient (Wildman–Crippen LogP) is 6.58. The van der Waals surface area contributed by atoms with E-state index in [2.05, 4.69) is 38.0 Å². The molecule has 1 aliphatic heterocycles. The maximum atomic E-state index is 13.0. The molecule has 0 unspecified atom stereocenters. The number of rotatable bonds is 8. The van der Waals surface area contributed by atoms with Crippen molar-refractivity contribution in [1.29, 1.82) is 0 Å². The van der Waals surface area contributed by atoms with Crippen LogP contribution in [-0.2, 0) is 6.61 Å². The van der Waals surface area contributed by atoms with Crippen LogP contribution in [-0.4, -0.2) is 21.8 Å². The number of carbonyl (C=O) groups is 1. The highest BCUT2D eigenvalue weighted by molar-refractivity contribution is 5.96. The number of carbonyl (C=O) groups excluding carboxylic acids is 1. The first-order valence-electron chi connectivity index (χ1n) is 11.9. The molecular formula is C29H34N2O3. The number of benzene rings is 2. The molecule has 0 amide bonds. The van der Waals surface area contributed by atoms with Crippen molar-refractivity contribution in [2.45, 2.75) is 64.6 Å². The molecular weight excluding hydrogens is 424 g/mol. The summed E-state index contributed by atoms with van der Waals surface area (Å²) in [5, 5.41) is 3.69. The van der Waals surface area contributed by atoms with E-state index in [1.165, 1.54) is 0 Å². The second kappa shape index (κ2) is 9.98. The summed E-state index contributed by atoms with van der Waals surface area (Å²) >= 11 is 0. The molecule has 0 atom stereocenters. The smallest absolute Gasteiger partial charge is 0.169 e. The zero-order chi connectivity index (χ0) is 24.2. The maximum absolute atomic E-state index is 13.0. The molecule has 0 spiro atoms. The summed E-state index contributed by atoms with van der Waals surface area (Å²) in [5.74, 6) is 2.48. The minimum atomic E-state index is 0.0381. The Balaban J connectivity index is 1.38. The number of Topliss-reactive ketones (excluding diaryl/α,β-unsaturated/α-hetero) is 1. The molecule has 0 saturated carbocycles. The third-order valence-corrected chi connectivity index (χ3v) is 6.10. The summed E-state index contributed by atoms with van der Waals surface area (Å²) < 4.78 is 12.0. The minimum Gasteiger partial charge on any atom is -0.483 e. The zero-order valence-corrected chi connectivity index (χ0v) is 20.5. The zero-order valence-electron chi connectivity index (χ0n) is 20.5. The molecule has 178 valence electrons. The van der Waals surface area contributed by atoms with Crippen LogP contribution in [0.2, 0.25) is 0 Å². The Bertz CT molecular complexity index is 1090. The van der Waals surface area contributed by atoms with E-state index in [4.69, 9.17) is 9.47 Å². The third-order valence-electron chi connectivity index (χ3n) is 6.10. The molecule has 3 aromatic rings. The van der Waals surface area contributed by atoms with Gasteiger partial charge in [0.2, 0.25) is 0 Å². The predicted molar refractivity (Wildman–Crippen MR) is 134 cm³/mol. The lowest BCUT2D eigenvalue weighted by molar-refractivity contribution is 0.0864. The average Bonchev–Trinajstić information content (AvgIpc) is 2.77. The Morgan fingerprint density at radius 3 is 2.21 bits per heavy atom. The largest absolute Gasteiger partial charge is 0.483 e. The maximum Gasteiger partial charge on any atom is 0.169 e. The standard InChI is InChI=1S/C29H34N2O3/c1-28(2)18-21(19-29(3,4)31-28)17-25(32)22-12-14-24(15-13-22)34-27-11-6-5-10-26(27)33-20-23-9-7-8-16-30-23/h5-16,21,31H,17-20H2,1-4H3. The molecule has 1 fully saturated rings. The van der Waals surface area contributed by atoms with Gasteiger partial charge in [-0.25, -0.2) is 0 Å². The fourth-order valence-electron chi connectivity index (χ4n) is 5.18. The molecule has 0 aliphatic carbocycles. The number of aromatic nitrogens is 1. The van der Waals surface area contributed by atoms with Crippen molar-refractivity contribution in [2.24, 2.45) is 5.92 Å². The van der Waals surface area contributed by atoms with Crippen molar-refractivity contribution in [1.82, 2.24) is 10.3 Å². The molecule has 2 heterocycles. The summed E-state index contributed by atoms with van der Waals surface area (Å²) in [6.45, 7) is 9.23. The normalized spacial score (nSPS) is 17.2. The van der Waals surface area contributed by atoms with Gasteiger partial charge in [0.25, 0.3) is 0 Å². The van der Waals surface area contributed by atoms with E-state index in [-0.39, 0.29) is 16.9 Å². The van der Waals surface area contributed by atoms with Crippen LogP contribution in [0, 0.1) is 5.92 Å². The highest BCUT2D eigenvalue weighted by atomic mass is 16.5. The Hall–Kier alpha value is -3.18. The first kappa shape index (κ1) is 24.0. The van der Waals surface area contributed by atoms with E-state index in [9.17, 15) is 4.79 Å². The molecule has 5 heteroatoms. The van der Waals surface area contributed by atoms with E-state index >= 15 is 0 Å². The summed E-state index contributed by atoms with van der Waals surface area (Å²) in [6.07, 6.45) is 4.31. The molecule has 5 nitrogen and oxygen atoms in total. The molecule has 1 saturated heterocycles. The Kier molecular flexibility index (Phi) is 7.03. The van der Waals surface area contributed by atoms with Gasteiger partial charge in [0, 0.05) is 29.3 Å². The third kappa shape index (κ3) is 6.45. The van der Waals surface area contributed by atoms with Crippen molar-refractivity contribution in [3.8, 4) is 17.2 Å².